The SMILES string of the molecule is CC(C)(C)OC(=O)CCCN1C(=O)C2C=CC1OO2. The molecule has 1 saturated heterocycles. The van der Waals surface area contributed by atoms with Crippen molar-refractivity contribution in [2.24, 2.45) is 0 Å². The van der Waals surface area contributed by atoms with Crippen molar-refractivity contribution in [1.29, 1.82) is 0 Å². The number of hydrogen-bond acceptors (Lipinski definition) is 5. The summed E-state index contributed by atoms with van der Waals surface area (Å²) in [7, 11) is 0. The maximum absolute atomic E-state index is 11.8. The predicted molar refractivity (Wildman–Crippen MR) is 65.7 cm³/mol. The Balaban J connectivity index is 1.76. The van der Waals surface area contributed by atoms with E-state index in [4.69, 9.17) is 14.5 Å². The van der Waals surface area contributed by atoms with Crippen LogP contribution >= 0.6 is 0 Å². The molecule has 3 aliphatic rings. The number of nitrogens with zero attached hydrogens (tertiary/aromatic N) is 1. The Morgan fingerprint density at radius 1 is 1.37 bits per heavy atom. The monoisotopic (exact) mass is 269 g/mol. The molecule has 3 aliphatic heterocycles. The van der Waals surface area contributed by atoms with Gasteiger partial charge in [0, 0.05) is 13.0 Å². The maximum atomic E-state index is 11.8. The first-order valence-corrected chi connectivity index (χ1v) is 6.39. The molecule has 0 aliphatic carbocycles. The number of hydrogen-bond donors (Lipinski definition) is 0. The normalized spacial score (nSPS) is 25.8. The van der Waals surface area contributed by atoms with E-state index in [0.717, 1.165) is 0 Å². The van der Waals surface area contributed by atoms with E-state index in [1.807, 2.05) is 20.8 Å². The number of carbonyl (C=O) groups is 2. The summed E-state index contributed by atoms with van der Waals surface area (Å²) in [5.74, 6) is -0.377. The van der Waals surface area contributed by atoms with Crippen LogP contribution in [0.5, 0.6) is 0 Å². The fraction of sp³-hybridized carbons (Fsp3) is 0.692. The molecule has 0 spiro atoms. The lowest BCUT2D eigenvalue weighted by atomic mass is 10.1. The first-order chi connectivity index (χ1) is 8.87. The summed E-state index contributed by atoms with van der Waals surface area (Å²) < 4.78 is 5.20. The molecule has 6 heteroatoms. The van der Waals surface area contributed by atoms with Gasteiger partial charge in [-0.15, -0.1) is 0 Å². The van der Waals surface area contributed by atoms with Crippen LogP contribution in [-0.2, 0) is 24.1 Å². The zero-order valence-electron chi connectivity index (χ0n) is 11.4. The van der Waals surface area contributed by atoms with Gasteiger partial charge in [0.05, 0.1) is 0 Å². The Labute approximate surface area is 112 Å². The average Bonchev–Trinajstić information content (AvgIpc) is 2.31. The van der Waals surface area contributed by atoms with Crippen molar-refractivity contribution in [2.75, 3.05) is 6.54 Å². The molecule has 0 aromatic heterocycles. The Morgan fingerprint density at radius 2 is 2.11 bits per heavy atom. The fourth-order valence-corrected chi connectivity index (χ4v) is 1.97. The molecule has 2 bridgehead atoms. The molecule has 0 saturated carbocycles. The van der Waals surface area contributed by atoms with E-state index in [0.29, 0.717) is 13.0 Å². The van der Waals surface area contributed by atoms with Crippen LogP contribution in [0.2, 0.25) is 0 Å². The highest BCUT2D eigenvalue weighted by Crippen LogP contribution is 2.23. The smallest absolute Gasteiger partial charge is 0.306 e. The summed E-state index contributed by atoms with van der Waals surface area (Å²) in [6.07, 6.45) is 3.16. The zero-order chi connectivity index (χ0) is 14.0. The minimum atomic E-state index is -0.647. The van der Waals surface area contributed by atoms with E-state index in [1.165, 1.54) is 0 Å². The van der Waals surface area contributed by atoms with E-state index in [1.54, 1.807) is 17.1 Å². The molecule has 19 heavy (non-hydrogen) atoms. The van der Waals surface area contributed by atoms with Gasteiger partial charge in [0.15, 0.2) is 12.3 Å². The Hall–Kier alpha value is -1.40. The van der Waals surface area contributed by atoms with Crippen LogP contribution < -0.4 is 0 Å². The van der Waals surface area contributed by atoms with E-state index in [9.17, 15) is 9.59 Å². The van der Waals surface area contributed by atoms with Crippen LogP contribution in [-0.4, -0.2) is 41.3 Å². The lowest BCUT2D eigenvalue weighted by Gasteiger charge is -2.38. The van der Waals surface area contributed by atoms with Crippen molar-refractivity contribution in [1.82, 2.24) is 4.90 Å². The number of ether oxygens (including phenoxy) is 1. The molecule has 2 unspecified atom stereocenters. The minimum Gasteiger partial charge on any atom is -0.460 e. The highest BCUT2D eigenvalue weighted by atomic mass is 17.2. The molecule has 1 fully saturated rings. The third-order valence-corrected chi connectivity index (χ3v) is 2.74. The lowest BCUT2D eigenvalue weighted by molar-refractivity contribution is -0.375. The minimum absolute atomic E-state index is 0.122. The quantitative estimate of drug-likeness (QED) is 0.435. The van der Waals surface area contributed by atoms with Gasteiger partial charge in [-0.25, -0.2) is 9.78 Å². The number of fused-ring (bicyclic) bond motifs is 2. The molecule has 0 aromatic carbocycles. The van der Waals surface area contributed by atoms with Crippen molar-refractivity contribution in [3.8, 4) is 0 Å². The number of amides is 1. The van der Waals surface area contributed by atoms with Crippen LogP contribution in [0, 0.1) is 0 Å². The van der Waals surface area contributed by atoms with Gasteiger partial charge in [-0.2, -0.15) is 0 Å². The van der Waals surface area contributed by atoms with Gasteiger partial charge in [-0.05, 0) is 39.3 Å². The summed E-state index contributed by atoms with van der Waals surface area (Å²) in [5.41, 5.74) is -0.475. The summed E-state index contributed by atoms with van der Waals surface area (Å²) >= 11 is 0. The van der Waals surface area contributed by atoms with Gasteiger partial charge in [0.1, 0.15) is 5.60 Å². The number of carbonyl (C=O) groups excluding carboxylic acids is 2. The fourth-order valence-electron chi connectivity index (χ4n) is 1.97. The largest absolute Gasteiger partial charge is 0.460 e. The van der Waals surface area contributed by atoms with Gasteiger partial charge >= 0.3 is 5.97 Å². The molecule has 0 N–H and O–H groups in total. The van der Waals surface area contributed by atoms with E-state index < -0.39 is 17.9 Å². The van der Waals surface area contributed by atoms with Crippen LogP contribution in [0.25, 0.3) is 0 Å². The molecular formula is C13H19NO5. The predicted octanol–water partition coefficient (Wildman–Crippen LogP) is 1.16. The second kappa shape index (κ2) is 5.30. The number of esters is 1. The molecule has 2 atom stereocenters. The van der Waals surface area contributed by atoms with Gasteiger partial charge in [-0.1, -0.05) is 0 Å². The third kappa shape index (κ3) is 3.54. The van der Waals surface area contributed by atoms with E-state index in [2.05, 4.69) is 0 Å². The van der Waals surface area contributed by atoms with E-state index in [-0.39, 0.29) is 18.3 Å². The first kappa shape index (κ1) is 14.0. The average molecular weight is 269 g/mol. The van der Waals surface area contributed by atoms with Crippen molar-refractivity contribution in [3.05, 3.63) is 12.2 Å². The third-order valence-electron chi connectivity index (χ3n) is 2.74. The van der Waals surface area contributed by atoms with Crippen LogP contribution in [0.3, 0.4) is 0 Å². The van der Waals surface area contributed by atoms with Crippen LogP contribution in [0.1, 0.15) is 33.6 Å². The van der Waals surface area contributed by atoms with Gasteiger partial charge in [-0.3, -0.25) is 9.59 Å². The molecule has 3 heterocycles. The molecule has 0 radical (unpaired) electrons. The summed E-state index contributed by atoms with van der Waals surface area (Å²) in [5, 5.41) is 0. The van der Waals surface area contributed by atoms with Crippen LogP contribution in [0.15, 0.2) is 12.2 Å². The van der Waals surface area contributed by atoms with Gasteiger partial charge < -0.3 is 9.64 Å². The molecular weight excluding hydrogens is 250 g/mol. The zero-order valence-corrected chi connectivity index (χ0v) is 11.4. The second-order valence-corrected chi connectivity index (χ2v) is 5.61. The second-order valence-electron chi connectivity index (χ2n) is 5.61. The van der Waals surface area contributed by atoms with E-state index >= 15 is 0 Å². The molecule has 6 nitrogen and oxygen atoms in total. The molecule has 106 valence electrons. The molecule has 1 amide bonds. The lowest BCUT2D eigenvalue weighted by Crippen LogP contribution is -2.54. The Morgan fingerprint density at radius 3 is 2.63 bits per heavy atom. The molecule has 3 rings (SSSR count). The summed E-state index contributed by atoms with van der Waals surface area (Å²) in [4.78, 5) is 34.8. The standard InChI is InChI=1S/C13H19NO5/c1-13(2,3)17-11(15)5-4-8-14-10-7-6-9(12(14)16)18-19-10/h6-7,9-10H,4-5,8H2,1-3H3. The topological polar surface area (TPSA) is 65.1 Å². The summed E-state index contributed by atoms with van der Waals surface area (Å²) in [6, 6.07) is 0. The Kier molecular flexibility index (Phi) is 3.91. The van der Waals surface area contributed by atoms with Gasteiger partial charge in [0.2, 0.25) is 0 Å². The maximum Gasteiger partial charge on any atom is 0.306 e. The Bertz CT molecular complexity index is 398. The van der Waals surface area contributed by atoms with Crippen molar-refractivity contribution < 1.29 is 24.1 Å². The van der Waals surface area contributed by atoms with Crippen molar-refractivity contribution in [2.45, 2.75) is 51.5 Å². The summed E-state index contributed by atoms with van der Waals surface area (Å²) in [6.45, 7) is 5.93. The highest BCUT2D eigenvalue weighted by molar-refractivity contribution is 5.84. The van der Waals surface area contributed by atoms with Crippen molar-refractivity contribution >= 4 is 11.9 Å². The van der Waals surface area contributed by atoms with Gasteiger partial charge in [0.25, 0.3) is 5.91 Å². The first-order valence-electron chi connectivity index (χ1n) is 6.39. The highest BCUT2D eigenvalue weighted by Gasteiger charge is 2.39. The molecule has 0 aromatic rings. The van der Waals surface area contributed by atoms with Crippen molar-refractivity contribution in [3.63, 3.8) is 0 Å². The van der Waals surface area contributed by atoms with Crippen LogP contribution in [0.4, 0.5) is 0 Å². The number of rotatable bonds is 4.